The van der Waals surface area contributed by atoms with Gasteiger partial charge in [-0.3, -0.25) is 4.79 Å². The molecule has 0 saturated carbocycles. The van der Waals surface area contributed by atoms with Crippen molar-refractivity contribution in [3.63, 3.8) is 0 Å². The Morgan fingerprint density at radius 2 is 2.36 bits per heavy atom. The van der Waals surface area contributed by atoms with E-state index in [-0.39, 0.29) is 12.0 Å². The fourth-order valence-corrected chi connectivity index (χ4v) is 1.23. The van der Waals surface area contributed by atoms with E-state index in [1.54, 1.807) is 6.92 Å². The predicted molar refractivity (Wildman–Crippen MR) is 50.4 cm³/mol. The van der Waals surface area contributed by atoms with Gasteiger partial charge < -0.3 is 9.84 Å². The Hall–Kier alpha value is -1.39. The molecule has 0 aliphatic carbocycles. The molecule has 0 aromatic carbocycles. The van der Waals surface area contributed by atoms with Crippen LogP contribution in [0.1, 0.15) is 38.0 Å². The van der Waals surface area contributed by atoms with Crippen LogP contribution in [0.4, 0.5) is 0 Å². The first-order chi connectivity index (χ1) is 6.69. The summed E-state index contributed by atoms with van der Waals surface area (Å²) in [5, 5.41) is 6.38. The third-order valence-corrected chi connectivity index (χ3v) is 2.27. The first-order valence-corrected chi connectivity index (χ1v) is 4.69. The summed E-state index contributed by atoms with van der Waals surface area (Å²) in [6, 6.07) is -0.182. The molecule has 1 heterocycles. The van der Waals surface area contributed by atoms with Crippen LogP contribution in [0.2, 0.25) is 0 Å². The van der Waals surface area contributed by atoms with E-state index in [1.165, 1.54) is 0 Å². The van der Waals surface area contributed by atoms with E-state index in [0.717, 1.165) is 6.42 Å². The minimum Gasteiger partial charge on any atom is -0.347 e. The number of rotatable bonds is 5. The Morgan fingerprint density at radius 1 is 1.64 bits per heavy atom. The van der Waals surface area contributed by atoms with Crippen LogP contribution in [-0.4, -0.2) is 16.6 Å². The van der Waals surface area contributed by atoms with Gasteiger partial charge in [0.25, 0.3) is 0 Å². The van der Waals surface area contributed by atoms with Gasteiger partial charge in [0, 0.05) is 0 Å². The fourth-order valence-electron chi connectivity index (χ4n) is 1.23. The number of amides is 1. The summed E-state index contributed by atoms with van der Waals surface area (Å²) < 4.78 is 5.02. The fraction of sp³-hybridized carbons (Fsp3) is 0.667. The molecular weight excluding hydrogens is 182 g/mol. The molecule has 0 aliphatic rings. The van der Waals surface area contributed by atoms with Gasteiger partial charge in [0.1, 0.15) is 6.04 Å². The van der Waals surface area contributed by atoms with Crippen LogP contribution in [0.15, 0.2) is 4.52 Å². The van der Waals surface area contributed by atoms with Crippen molar-refractivity contribution >= 4 is 6.41 Å². The van der Waals surface area contributed by atoms with Gasteiger partial charge in [-0.1, -0.05) is 25.4 Å². The summed E-state index contributed by atoms with van der Waals surface area (Å²) in [4.78, 5) is 14.5. The van der Waals surface area contributed by atoms with Crippen LogP contribution in [0, 0.1) is 12.8 Å². The minimum absolute atomic E-state index is 0.182. The molecule has 1 N–H and O–H groups in total. The normalized spacial score (nSPS) is 14.8. The Balaban J connectivity index is 2.81. The Bertz CT molecular complexity index is 298. The van der Waals surface area contributed by atoms with Crippen LogP contribution in [-0.2, 0) is 4.79 Å². The van der Waals surface area contributed by atoms with Gasteiger partial charge in [0.2, 0.25) is 12.3 Å². The minimum atomic E-state index is -0.182. The van der Waals surface area contributed by atoms with Crippen molar-refractivity contribution in [1.82, 2.24) is 15.5 Å². The Morgan fingerprint density at radius 3 is 2.79 bits per heavy atom. The molecule has 0 bridgehead atoms. The van der Waals surface area contributed by atoms with E-state index in [4.69, 9.17) is 4.52 Å². The monoisotopic (exact) mass is 197 g/mol. The molecule has 5 nitrogen and oxygen atoms in total. The molecule has 1 rings (SSSR count). The number of aryl methyl sites for hydroxylation is 1. The molecule has 0 radical (unpaired) electrons. The molecular formula is C9H15N3O2. The van der Waals surface area contributed by atoms with Gasteiger partial charge in [-0.15, -0.1) is 0 Å². The second-order valence-corrected chi connectivity index (χ2v) is 3.33. The van der Waals surface area contributed by atoms with Crippen LogP contribution in [0.3, 0.4) is 0 Å². The maximum absolute atomic E-state index is 10.4. The largest absolute Gasteiger partial charge is 0.347 e. The average molecular weight is 197 g/mol. The topological polar surface area (TPSA) is 68.0 Å². The molecule has 0 spiro atoms. The van der Waals surface area contributed by atoms with Gasteiger partial charge in [-0.05, 0) is 12.8 Å². The summed E-state index contributed by atoms with van der Waals surface area (Å²) in [5.74, 6) is 1.34. The van der Waals surface area contributed by atoms with Crippen molar-refractivity contribution in [1.29, 1.82) is 0 Å². The summed E-state index contributed by atoms with van der Waals surface area (Å²) in [6.07, 6.45) is 1.60. The zero-order valence-electron chi connectivity index (χ0n) is 8.65. The molecule has 0 aliphatic heterocycles. The molecule has 0 fully saturated rings. The Kier molecular flexibility index (Phi) is 3.62. The predicted octanol–water partition coefficient (Wildman–Crippen LogP) is 1.21. The second-order valence-electron chi connectivity index (χ2n) is 3.33. The highest BCUT2D eigenvalue weighted by Gasteiger charge is 2.22. The maximum atomic E-state index is 10.4. The number of hydrogen-bond donors (Lipinski definition) is 1. The molecule has 1 amide bonds. The molecule has 1 aromatic rings. The summed E-state index contributed by atoms with van der Waals surface area (Å²) in [6.45, 7) is 5.83. The molecule has 1 aromatic heterocycles. The quantitative estimate of drug-likeness (QED) is 0.720. The second kappa shape index (κ2) is 4.74. The lowest BCUT2D eigenvalue weighted by Crippen LogP contribution is -2.25. The highest BCUT2D eigenvalue weighted by Crippen LogP contribution is 2.22. The van der Waals surface area contributed by atoms with Gasteiger partial charge in [0.05, 0.1) is 0 Å². The SMILES string of the molecule is CCC(C)[C@H](NC=O)c1nc(C)no1. The number of nitrogens with zero attached hydrogens (tertiary/aromatic N) is 2. The van der Waals surface area contributed by atoms with Gasteiger partial charge in [0.15, 0.2) is 5.82 Å². The molecule has 2 atom stereocenters. The van der Waals surface area contributed by atoms with Crippen LogP contribution in [0.5, 0.6) is 0 Å². The van der Waals surface area contributed by atoms with E-state index in [9.17, 15) is 4.79 Å². The summed E-state index contributed by atoms with van der Waals surface area (Å²) in [5.41, 5.74) is 0. The van der Waals surface area contributed by atoms with Crippen molar-refractivity contribution in [3.05, 3.63) is 11.7 Å². The third kappa shape index (κ3) is 2.31. The number of carbonyl (C=O) groups is 1. The average Bonchev–Trinajstić information content (AvgIpc) is 2.60. The smallest absolute Gasteiger partial charge is 0.249 e. The number of nitrogens with one attached hydrogen (secondary N) is 1. The van der Waals surface area contributed by atoms with Gasteiger partial charge in [-0.25, -0.2) is 0 Å². The van der Waals surface area contributed by atoms with Crippen molar-refractivity contribution in [2.45, 2.75) is 33.2 Å². The van der Waals surface area contributed by atoms with E-state index in [1.807, 2.05) is 13.8 Å². The van der Waals surface area contributed by atoms with Crippen LogP contribution >= 0.6 is 0 Å². The molecule has 78 valence electrons. The van der Waals surface area contributed by atoms with Crippen molar-refractivity contribution in [3.8, 4) is 0 Å². The van der Waals surface area contributed by atoms with Crippen molar-refractivity contribution in [2.75, 3.05) is 0 Å². The maximum Gasteiger partial charge on any atom is 0.249 e. The first-order valence-electron chi connectivity index (χ1n) is 4.69. The molecule has 14 heavy (non-hydrogen) atoms. The summed E-state index contributed by atoms with van der Waals surface area (Å²) in [7, 11) is 0. The highest BCUT2D eigenvalue weighted by atomic mass is 16.5. The molecule has 0 saturated heterocycles. The lowest BCUT2D eigenvalue weighted by Gasteiger charge is -2.17. The third-order valence-electron chi connectivity index (χ3n) is 2.27. The van der Waals surface area contributed by atoms with Crippen LogP contribution in [0.25, 0.3) is 0 Å². The standard InChI is InChI=1S/C9H15N3O2/c1-4-6(2)8(10-5-13)9-11-7(3)12-14-9/h5-6,8H,4H2,1-3H3,(H,10,13)/t6?,8-/m0/s1. The van der Waals surface area contributed by atoms with E-state index >= 15 is 0 Å². The number of carbonyl (C=O) groups excluding carboxylic acids is 1. The zero-order valence-corrected chi connectivity index (χ0v) is 8.65. The lowest BCUT2D eigenvalue weighted by atomic mass is 9.99. The zero-order chi connectivity index (χ0) is 10.6. The first kappa shape index (κ1) is 10.7. The molecule has 5 heteroatoms. The van der Waals surface area contributed by atoms with Crippen molar-refractivity contribution in [2.24, 2.45) is 5.92 Å². The van der Waals surface area contributed by atoms with Crippen LogP contribution < -0.4 is 5.32 Å². The summed E-state index contributed by atoms with van der Waals surface area (Å²) >= 11 is 0. The Labute approximate surface area is 82.9 Å². The van der Waals surface area contributed by atoms with E-state index in [0.29, 0.717) is 18.1 Å². The highest BCUT2D eigenvalue weighted by molar-refractivity contribution is 5.47. The van der Waals surface area contributed by atoms with Gasteiger partial charge in [-0.2, -0.15) is 4.98 Å². The van der Waals surface area contributed by atoms with Gasteiger partial charge >= 0.3 is 0 Å². The van der Waals surface area contributed by atoms with E-state index in [2.05, 4.69) is 15.5 Å². The lowest BCUT2D eigenvalue weighted by molar-refractivity contribution is -0.110. The molecule has 1 unspecified atom stereocenters. The number of hydrogen-bond acceptors (Lipinski definition) is 4. The van der Waals surface area contributed by atoms with E-state index < -0.39 is 0 Å². The number of aromatic nitrogens is 2. The van der Waals surface area contributed by atoms with Crippen molar-refractivity contribution < 1.29 is 9.32 Å².